The zero-order chi connectivity index (χ0) is 22.2. The molecule has 2 fully saturated rings. The fourth-order valence-electron chi connectivity index (χ4n) is 5.38. The second kappa shape index (κ2) is 8.83. The molecule has 8 heteroatoms. The van der Waals surface area contributed by atoms with Crippen LogP contribution in [0.2, 0.25) is 0 Å². The van der Waals surface area contributed by atoms with Gasteiger partial charge in [0.15, 0.2) is 11.5 Å². The number of halogens is 1. The van der Waals surface area contributed by atoms with Gasteiger partial charge in [-0.15, -0.1) is 0 Å². The minimum absolute atomic E-state index is 0.145. The van der Waals surface area contributed by atoms with Crippen LogP contribution in [0.3, 0.4) is 0 Å². The predicted octanol–water partition coefficient (Wildman–Crippen LogP) is 2.27. The van der Waals surface area contributed by atoms with Crippen LogP contribution >= 0.6 is 0 Å². The number of Topliss-reactive ketones (excluding diaryl/α,β-unsaturated/α-hetero) is 1. The van der Waals surface area contributed by atoms with Gasteiger partial charge in [0.1, 0.15) is 18.0 Å². The smallest absolute Gasteiger partial charge is 0.290 e. The summed E-state index contributed by atoms with van der Waals surface area (Å²) >= 11 is 0. The van der Waals surface area contributed by atoms with Gasteiger partial charge in [0.2, 0.25) is 0 Å². The fourth-order valence-corrected chi connectivity index (χ4v) is 5.38. The van der Waals surface area contributed by atoms with Crippen LogP contribution in [0.25, 0.3) is 0 Å². The van der Waals surface area contributed by atoms with E-state index in [1.54, 1.807) is 12.0 Å². The van der Waals surface area contributed by atoms with Crippen molar-refractivity contribution >= 4 is 11.7 Å². The molecule has 172 valence electrons. The Bertz CT molecular complexity index is 929. The third-order valence-corrected chi connectivity index (χ3v) is 7.07. The first-order chi connectivity index (χ1) is 15.6. The van der Waals surface area contributed by atoms with Crippen molar-refractivity contribution in [1.29, 1.82) is 0 Å². The molecule has 5 rings (SSSR count). The predicted molar refractivity (Wildman–Crippen MR) is 114 cm³/mol. The summed E-state index contributed by atoms with van der Waals surface area (Å²) in [6.45, 7) is 4.10. The van der Waals surface area contributed by atoms with Gasteiger partial charge < -0.3 is 19.1 Å². The van der Waals surface area contributed by atoms with E-state index in [9.17, 15) is 14.0 Å². The van der Waals surface area contributed by atoms with E-state index in [4.69, 9.17) is 14.2 Å². The molecular formula is C24H29FN2O5. The van der Waals surface area contributed by atoms with Crippen molar-refractivity contribution in [2.75, 3.05) is 46.5 Å². The van der Waals surface area contributed by atoms with Crippen molar-refractivity contribution in [1.82, 2.24) is 9.80 Å². The normalized spacial score (nSPS) is 30.8. The number of para-hydroxylation sites is 1. The standard InChI is InChI=1S/C24H29FN2O5/c1-30-18-5-3-2-4-16(18)21-20-22(28)17-14-15(25)6-7-19(17)32-23(20)24(29)27(21)9-8-26-10-12-31-13-11-26/h2-5,15,17,19,21H,6-14H2,1H3. The van der Waals surface area contributed by atoms with Crippen molar-refractivity contribution in [2.24, 2.45) is 5.92 Å². The lowest BCUT2D eigenvalue weighted by atomic mass is 9.77. The van der Waals surface area contributed by atoms with Crippen molar-refractivity contribution < 1.29 is 28.2 Å². The number of methoxy groups -OCH3 is 1. The van der Waals surface area contributed by atoms with E-state index in [0.717, 1.165) is 18.7 Å². The van der Waals surface area contributed by atoms with Crippen molar-refractivity contribution in [3.63, 3.8) is 0 Å². The van der Waals surface area contributed by atoms with Crippen molar-refractivity contribution in [3.8, 4) is 5.75 Å². The van der Waals surface area contributed by atoms with Crippen molar-refractivity contribution in [3.05, 3.63) is 41.2 Å². The Hall–Kier alpha value is -2.45. The summed E-state index contributed by atoms with van der Waals surface area (Å²) in [6.07, 6.45) is -0.461. The first kappa shape index (κ1) is 21.4. The van der Waals surface area contributed by atoms with Gasteiger partial charge in [0.05, 0.1) is 37.9 Å². The number of hydrogen-bond acceptors (Lipinski definition) is 6. The summed E-state index contributed by atoms with van der Waals surface area (Å²) in [5.74, 6) is -0.208. The molecule has 1 aromatic carbocycles. The molecule has 0 spiro atoms. The summed E-state index contributed by atoms with van der Waals surface area (Å²) < 4.78 is 31.3. The minimum atomic E-state index is -1.01. The van der Waals surface area contributed by atoms with E-state index >= 15 is 0 Å². The second-order valence-electron chi connectivity index (χ2n) is 8.88. The second-order valence-corrected chi connectivity index (χ2v) is 8.88. The molecule has 0 bridgehead atoms. The van der Waals surface area contributed by atoms with E-state index in [2.05, 4.69) is 4.90 Å². The number of fused-ring (bicyclic) bond motifs is 1. The topological polar surface area (TPSA) is 68.3 Å². The molecule has 1 saturated carbocycles. The molecule has 1 aromatic rings. The quantitative estimate of drug-likeness (QED) is 0.694. The van der Waals surface area contributed by atoms with Crippen LogP contribution in [0.1, 0.15) is 30.9 Å². The maximum Gasteiger partial charge on any atom is 0.290 e. The number of carbonyl (C=O) groups excluding carboxylic acids is 2. The molecule has 1 saturated heterocycles. The number of ketones is 1. The minimum Gasteiger partial charge on any atom is -0.496 e. The Morgan fingerprint density at radius 1 is 1.12 bits per heavy atom. The fraction of sp³-hybridized carbons (Fsp3) is 0.583. The van der Waals surface area contributed by atoms with Crippen molar-refractivity contribution in [2.45, 2.75) is 37.6 Å². The van der Waals surface area contributed by atoms with E-state index in [1.807, 2.05) is 24.3 Å². The highest BCUT2D eigenvalue weighted by Gasteiger charge is 2.53. The van der Waals surface area contributed by atoms with Crippen LogP contribution in [0.5, 0.6) is 5.75 Å². The summed E-state index contributed by atoms with van der Waals surface area (Å²) in [5, 5.41) is 0. The summed E-state index contributed by atoms with van der Waals surface area (Å²) in [4.78, 5) is 31.1. The van der Waals surface area contributed by atoms with Crippen LogP contribution in [0.4, 0.5) is 4.39 Å². The molecule has 0 N–H and O–H groups in total. The summed E-state index contributed by atoms with van der Waals surface area (Å²) in [6, 6.07) is 6.84. The number of benzene rings is 1. The average Bonchev–Trinajstić information content (AvgIpc) is 3.10. The number of morpholine rings is 1. The molecule has 4 aliphatic rings. The molecule has 4 atom stereocenters. The highest BCUT2D eigenvalue weighted by Crippen LogP contribution is 2.48. The maximum atomic E-state index is 14.2. The van der Waals surface area contributed by atoms with Gasteiger partial charge in [-0.2, -0.15) is 0 Å². The van der Waals surface area contributed by atoms with Gasteiger partial charge in [-0.1, -0.05) is 18.2 Å². The first-order valence-corrected chi connectivity index (χ1v) is 11.4. The van der Waals surface area contributed by atoms with Gasteiger partial charge in [0.25, 0.3) is 5.91 Å². The molecule has 7 nitrogen and oxygen atoms in total. The third-order valence-electron chi connectivity index (χ3n) is 7.07. The lowest BCUT2D eigenvalue weighted by Crippen LogP contribution is -2.43. The zero-order valence-electron chi connectivity index (χ0n) is 18.3. The monoisotopic (exact) mass is 444 g/mol. The Morgan fingerprint density at radius 2 is 1.91 bits per heavy atom. The van der Waals surface area contributed by atoms with Crippen LogP contribution in [0.15, 0.2) is 35.6 Å². The van der Waals surface area contributed by atoms with Crippen LogP contribution in [0, 0.1) is 5.92 Å². The Labute approximate surface area is 187 Å². The molecule has 32 heavy (non-hydrogen) atoms. The van der Waals surface area contributed by atoms with Gasteiger partial charge in [-0.3, -0.25) is 14.5 Å². The number of ether oxygens (including phenoxy) is 3. The molecule has 3 aliphatic heterocycles. The Morgan fingerprint density at radius 3 is 2.69 bits per heavy atom. The number of alkyl halides is 1. The van der Waals surface area contributed by atoms with Gasteiger partial charge in [-0.05, 0) is 25.3 Å². The van der Waals surface area contributed by atoms with E-state index in [-0.39, 0.29) is 23.9 Å². The largest absolute Gasteiger partial charge is 0.496 e. The molecule has 3 heterocycles. The Kier molecular flexibility index (Phi) is 5.90. The number of rotatable bonds is 5. The first-order valence-electron chi connectivity index (χ1n) is 11.4. The van der Waals surface area contributed by atoms with Gasteiger partial charge >= 0.3 is 0 Å². The van der Waals surface area contributed by atoms with Crippen LogP contribution in [-0.4, -0.2) is 80.3 Å². The zero-order valence-corrected chi connectivity index (χ0v) is 18.3. The molecular weight excluding hydrogens is 415 g/mol. The maximum absolute atomic E-state index is 14.2. The number of amides is 1. The van der Waals surface area contributed by atoms with E-state index in [0.29, 0.717) is 50.5 Å². The average molecular weight is 445 g/mol. The van der Waals surface area contributed by atoms with Gasteiger partial charge in [-0.25, -0.2) is 4.39 Å². The Balaban J connectivity index is 1.50. The SMILES string of the molecule is COc1ccccc1C1C2=C(OC3CCC(F)CC3C2=O)C(=O)N1CCN1CCOCC1. The molecule has 0 aromatic heterocycles. The van der Waals surface area contributed by atoms with Crippen LogP contribution < -0.4 is 4.74 Å². The summed E-state index contributed by atoms with van der Waals surface area (Å²) in [7, 11) is 1.58. The van der Waals surface area contributed by atoms with E-state index in [1.165, 1.54) is 0 Å². The molecule has 0 radical (unpaired) electrons. The third kappa shape index (κ3) is 3.69. The van der Waals surface area contributed by atoms with E-state index < -0.39 is 24.2 Å². The summed E-state index contributed by atoms with van der Waals surface area (Å²) in [5.41, 5.74) is 1.11. The highest BCUT2D eigenvalue weighted by atomic mass is 19.1. The van der Waals surface area contributed by atoms with Crippen LogP contribution in [-0.2, 0) is 19.1 Å². The van der Waals surface area contributed by atoms with Gasteiger partial charge in [0, 0.05) is 31.7 Å². The number of carbonyl (C=O) groups is 2. The number of hydrogen-bond donors (Lipinski definition) is 0. The highest BCUT2D eigenvalue weighted by molar-refractivity contribution is 6.11. The molecule has 4 unspecified atom stereocenters. The molecule has 1 aliphatic carbocycles. The molecule has 1 amide bonds. The number of nitrogens with zero attached hydrogens (tertiary/aromatic N) is 2. The lowest BCUT2D eigenvalue weighted by Gasteiger charge is -2.36. The lowest BCUT2D eigenvalue weighted by molar-refractivity contribution is -0.136.